The minimum Gasteiger partial charge on any atom is -0.381 e. The molecule has 1 aromatic carbocycles. The fraction of sp³-hybridized carbons (Fsp3) is 0.467. The second-order valence-electron chi connectivity index (χ2n) is 10.6. The van der Waals surface area contributed by atoms with Crippen LogP contribution in [0.2, 0.25) is 0 Å². The smallest absolute Gasteiger partial charge is 0.0937 e. The summed E-state index contributed by atoms with van der Waals surface area (Å²) in [6.07, 6.45) is 6.58. The predicted octanol–water partition coefficient (Wildman–Crippen LogP) is 4.98. The van der Waals surface area contributed by atoms with Gasteiger partial charge in [-0.3, -0.25) is 4.98 Å². The highest BCUT2D eigenvalue weighted by atomic mass is 16.5. The maximum atomic E-state index is 9.29. The van der Waals surface area contributed by atoms with E-state index in [1.54, 1.807) is 6.20 Å². The SMILES string of the molecule is CC(C)(C#N)c1ccc(NCC#Cc2cc3cc(CNC4CCOCC4)ccc3n2CC2CC2)cn1. The van der Waals surface area contributed by atoms with Crippen LogP contribution in [-0.4, -0.2) is 35.4 Å². The lowest BCUT2D eigenvalue weighted by atomic mass is 9.91. The molecule has 1 aliphatic carbocycles. The van der Waals surface area contributed by atoms with Crippen LogP contribution in [0.3, 0.4) is 0 Å². The van der Waals surface area contributed by atoms with Crippen LogP contribution in [-0.2, 0) is 23.2 Å². The van der Waals surface area contributed by atoms with Gasteiger partial charge in [0.1, 0.15) is 0 Å². The predicted molar refractivity (Wildman–Crippen MR) is 144 cm³/mol. The van der Waals surface area contributed by atoms with Crippen LogP contribution < -0.4 is 10.6 Å². The standard InChI is InChI=1S/C30H35N5O/c1-30(2,21-31)29-10-8-26(19-34-29)32-13-3-4-27-17-24-16-23(18-33-25-11-14-36-15-12-25)7-9-28(24)35(27)20-22-5-6-22/h7-10,16-17,19,22,25,32-33H,5-6,11-15,18,20H2,1-2H3. The quantitative estimate of drug-likeness (QED) is 0.444. The average Bonchev–Trinajstić information content (AvgIpc) is 3.67. The van der Waals surface area contributed by atoms with Crippen molar-refractivity contribution in [1.29, 1.82) is 5.26 Å². The lowest BCUT2D eigenvalue weighted by Crippen LogP contribution is -2.34. The van der Waals surface area contributed by atoms with Crippen molar-refractivity contribution in [3.8, 4) is 17.9 Å². The Morgan fingerprint density at radius 1 is 1.11 bits per heavy atom. The third kappa shape index (κ3) is 5.90. The van der Waals surface area contributed by atoms with Gasteiger partial charge in [-0.25, -0.2) is 0 Å². The minimum absolute atomic E-state index is 0.536. The normalized spacial score (nSPS) is 16.4. The highest BCUT2D eigenvalue weighted by Crippen LogP contribution is 2.33. The molecule has 6 heteroatoms. The summed E-state index contributed by atoms with van der Waals surface area (Å²) < 4.78 is 7.87. The zero-order valence-corrected chi connectivity index (χ0v) is 21.3. The number of nitrogens with one attached hydrogen (secondary N) is 2. The molecule has 2 N–H and O–H groups in total. The first-order valence-electron chi connectivity index (χ1n) is 13.1. The van der Waals surface area contributed by atoms with Crippen LogP contribution in [0.1, 0.15) is 56.5 Å². The van der Waals surface area contributed by atoms with Gasteiger partial charge in [0.2, 0.25) is 0 Å². The highest BCUT2D eigenvalue weighted by Gasteiger charge is 2.24. The Morgan fingerprint density at radius 3 is 2.67 bits per heavy atom. The van der Waals surface area contributed by atoms with Gasteiger partial charge in [0.05, 0.1) is 41.3 Å². The van der Waals surface area contributed by atoms with Gasteiger partial charge < -0.3 is 19.9 Å². The molecule has 3 heterocycles. The largest absolute Gasteiger partial charge is 0.381 e. The fourth-order valence-electron chi connectivity index (χ4n) is 4.66. The zero-order chi connectivity index (χ0) is 25.0. The van der Waals surface area contributed by atoms with Gasteiger partial charge in [-0.1, -0.05) is 12.0 Å². The number of hydrogen-bond donors (Lipinski definition) is 2. The number of hydrogen-bond acceptors (Lipinski definition) is 5. The molecule has 2 aromatic heterocycles. The number of fused-ring (bicyclic) bond motifs is 1. The molecule has 0 atom stereocenters. The molecule has 1 saturated carbocycles. The van der Waals surface area contributed by atoms with Gasteiger partial charge >= 0.3 is 0 Å². The number of anilines is 1. The van der Waals surface area contributed by atoms with E-state index in [0.29, 0.717) is 12.6 Å². The molecule has 1 saturated heterocycles. The van der Waals surface area contributed by atoms with Crippen LogP contribution >= 0.6 is 0 Å². The summed E-state index contributed by atoms with van der Waals surface area (Å²) in [7, 11) is 0. The first-order chi connectivity index (χ1) is 17.5. The molecule has 0 bridgehead atoms. The van der Waals surface area contributed by atoms with Crippen molar-refractivity contribution in [3.05, 3.63) is 59.5 Å². The monoisotopic (exact) mass is 481 g/mol. The van der Waals surface area contributed by atoms with Crippen LogP contribution in [0.15, 0.2) is 42.6 Å². The van der Waals surface area contributed by atoms with Crippen molar-refractivity contribution in [3.63, 3.8) is 0 Å². The molecule has 3 aromatic rings. The summed E-state index contributed by atoms with van der Waals surface area (Å²) >= 11 is 0. The third-order valence-electron chi connectivity index (χ3n) is 7.20. The van der Waals surface area contributed by atoms with E-state index in [0.717, 1.165) is 62.1 Å². The Labute approximate surface area is 214 Å². The lowest BCUT2D eigenvalue weighted by Gasteiger charge is -2.23. The van der Waals surface area contributed by atoms with Gasteiger partial charge in [-0.2, -0.15) is 5.26 Å². The van der Waals surface area contributed by atoms with E-state index in [4.69, 9.17) is 4.74 Å². The lowest BCUT2D eigenvalue weighted by molar-refractivity contribution is 0.0776. The van der Waals surface area contributed by atoms with Gasteiger partial charge in [0, 0.05) is 43.2 Å². The molecular formula is C30H35N5O. The van der Waals surface area contributed by atoms with Crippen LogP contribution in [0, 0.1) is 29.1 Å². The van der Waals surface area contributed by atoms with Crippen molar-refractivity contribution in [1.82, 2.24) is 14.9 Å². The van der Waals surface area contributed by atoms with E-state index in [-0.39, 0.29) is 0 Å². The molecule has 6 nitrogen and oxygen atoms in total. The van der Waals surface area contributed by atoms with E-state index in [9.17, 15) is 5.26 Å². The minimum atomic E-state index is -0.589. The molecule has 0 amide bonds. The van der Waals surface area contributed by atoms with Crippen molar-refractivity contribution < 1.29 is 4.74 Å². The Bertz CT molecular complexity index is 1300. The molecule has 2 aliphatic rings. The molecule has 0 radical (unpaired) electrons. The molecule has 0 unspecified atom stereocenters. The number of nitrogens with zero attached hydrogens (tertiary/aromatic N) is 3. The number of pyridine rings is 1. The number of rotatable bonds is 8. The summed E-state index contributed by atoms with van der Waals surface area (Å²) in [5.41, 5.74) is 4.75. The van der Waals surface area contributed by atoms with Gasteiger partial charge in [0.15, 0.2) is 0 Å². The van der Waals surface area contributed by atoms with Crippen molar-refractivity contribution in [2.75, 3.05) is 25.1 Å². The molecular weight excluding hydrogens is 446 g/mol. The third-order valence-corrected chi connectivity index (χ3v) is 7.20. The molecule has 186 valence electrons. The van der Waals surface area contributed by atoms with Gasteiger partial charge in [0.25, 0.3) is 0 Å². The topological polar surface area (TPSA) is 74.9 Å². The molecule has 36 heavy (non-hydrogen) atoms. The number of nitriles is 1. The van der Waals surface area contributed by atoms with E-state index < -0.39 is 5.41 Å². The molecule has 0 spiro atoms. The van der Waals surface area contributed by atoms with Crippen molar-refractivity contribution >= 4 is 16.6 Å². The second-order valence-corrected chi connectivity index (χ2v) is 10.6. The second kappa shape index (κ2) is 10.7. The number of aromatic nitrogens is 2. The number of ether oxygens (including phenoxy) is 1. The maximum absolute atomic E-state index is 9.29. The van der Waals surface area contributed by atoms with Crippen molar-refractivity contribution in [2.45, 2.75) is 64.1 Å². The summed E-state index contributed by atoms with van der Waals surface area (Å²) in [5.74, 6) is 7.48. The molecule has 2 fully saturated rings. The molecule has 1 aliphatic heterocycles. The van der Waals surface area contributed by atoms with Crippen LogP contribution in [0.25, 0.3) is 10.9 Å². The average molecular weight is 482 g/mol. The van der Waals surface area contributed by atoms with E-state index >= 15 is 0 Å². The van der Waals surface area contributed by atoms with E-state index in [2.05, 4.69) is 62.4 Å². The Kier molecular flexibility index (Phi) is 7.28. The summed E-state index contributed by atoms with van der Waals surface area (Å²) in [4.78, 5) is 4.45. The first-order valence-corrected chi connectivity index (χ1v) is 13.1. The van der Waals surface area contributed by atoms with Crippen molar-refractivity contribution in [2.24, 2.45) is 5.92 Å². The van der Waals surface area contributed by atoms with E-state index in [1.165, 1.54) is 29.3 Å². The van der Waals surface area contributed by atoms with Crippen LogP contribution in [0.5, 0.6) is 0 Å². The number of benzene rings is 1. The highest BCUT2D eigenvalue weighted by molar-refractivity contribution is 5.83. The summed E-state index contributed by atoms with van der Waals surface area (Å²) in [6.45, 7) is 7.94. The Morgan fingerprint density at radius 2 is 1.94 bits per heavy atom. The van der Waals surface area contributed by atoms with E-state index in [1.807, 2.05) is 26.0 Å². The summed E-state index contributed by atoms with van der Waals surface area (Å²) in [6, 6.07) is 15.8. The van der Waals surface area contributed by atoms with Gasteiger partial charge in [-0.05, 0) is 87.3 Å². The maximum Gasteiger partial charge on any atom is 0.0937 e. The Hall–Kier alpha value is -3.32. The Balaban J connectivity index is 1.27. The molecule has 5 rings (SSSR count). The summed E-state index contributed by atoms with van der Waals surface area (Å²) in [5, 5.41) is 17.6. The first kappa shape index (κ1) is 24.4. The fourth-order valence-corrected chi connectivity index (χ4v) is 4.66. The van der Waals surface area contributed by atoms with Crippen LogP contribution in [0.4, 0.5) is 5.69 Å². The zero-order valence-electron chi connectivity index (χ0n) is 21.3. The van der Waals surface area contributed by atoms with Gasteiger partial charge in [-0.15, -0.1) is 0 Å².